The molecule has 1 aliphatic heterocycles. The fourth-order valence-electron chi connectivity index (χ4n) is 9.29. The van der Waals surface area contributed by atoms with Gasteiger partial charge in [0.2, 0.25) is 0 Å². The van der Waals surface area contributed by atoms with E-state index in [9.17, 15) is 0 Å². The van der Waals surface area contributed by atoms with Gasteiger partial charge >= 0.3 is 0 Å². The summed E-state index contributed by atoms with van der Waals surface area (Å²) in [5, 5.41) is 0. The number of nitrogens with zero attached hydrogens (tertiary/aromatic N) is 1. The second-order valence-electron chi connectivity index (χ2n) is 11.4. The van der Waals surface area contributed by atoms with Gasteiger partial charge in [-0.2, -0.15) is 0 Å². The predicted molar refractivity (Wildman–Crippen MR) is 116 cm³/mol. The summed E-state index contributed by atoms with van der Waals surface area (Å²) in [5.41, 5.74) is 2.66. The van der Waals surface area contributed by atoms with E-state index in [1.54, 1.807) is 44.1 Å². The van der Waals surface area contributed by atoms with Gasteiger partial charge in [-0.05, 0) is 99.5 Å². The van der Waals surface area contributed by atoms with Crippen LogP contribution in [0.4, 0.5) is 0 Å². The third kappa shape index (κ3) is 2.75. The third-order valence-electron chi connectivity index (χ3n) is 9.84. The molecule has 1 aromatic rings. The summed E-state index contributed by atoms with van der Waals surface area (Å²) >= 11 is 0. The van der Waals surface area contributed by atoms with Gasteiger partial charge in [0.25, 0.3) is 0 Å². The summed E-state index contributed by atoms with van der Waals surface area (Å²) in [6.45, 7) is 1.36. The van der Waals surface area contributed by atoms with Crippen molar-refractivity contribution < 1.29 is 0 Å². The Labute approximate surface area is 172 Å². The molecule has 1 unspecified atom stereocenters. The summed E-state index contributed by atoms with van der Waals surface area (Å²) < 4.78 is 0. The van der Waals surface area contributed by atoms with Crippen LogP contribution >= 0.6 is 0 Å². The Morgan fingerprint density at radius 1 is 0.714 bits per heavy atom. The number of benzene rings is 1. The zero-order valence-electron chi connectivity index (χ0n) is 17.7. The molecule has 1 atom stereocenters. The quantitative estimate of drug-likeness (QED) is 0.553. The van der Waals surface area contributed by atoms with Crippen molar-refractivity contribution in [2.45, 2.75) is 101 Å². The molecule has 152 valence electrons. The lowest BCUT2D eigenvalue weighted by molar-refractivity contribution is -0.141. The van der Waals surface area contributed by atoms with Crippen molar-refractivity contribution in [1.29, 1.82) is 0 Å². The van der Waals surface area contributed by atoms with Crippen molar-refractivity contribution in [2.75, 3.05) is 6.54 Å². The molecule has 1 aromatic carbocycles. The molecule has 5 saturated carbocycles. The van der Waals surface area contributed by atoms with Gasteiger partial charge in [-0.3, -0.25) is 4.90 Å². The molecule has 1 nitrogen and oxygen atoms in total. The highest BCUT2D eigenvalue weighted by molar-refractivity contribution is 5.27. The summed E-state index contributed by atoms with van der Waals surface area (Å²) in [6.07, 6.45) is 21.0. The molecule has 0 aromatic heterocycles. The second kappa shape index (κ2) is 6.86. The van der Waals surface area contributed by atoms with Gasteiger partial charge < -0.3 is 0 Å². The van der Waals surface area contributed by atoms with E-state index in [-0.39, 0.29) is 0 Å². The lowest BCUT2D eigenvalue weighted by atomic mass is 9.46. The van der Waals surface area contributed by atoms with Gasteiger partial charge in [-0.1, -0.05) is 56.0 Å². The predicted octanol–water partition coefficient (Wildman–Crippen LogP) is 6.92. The zero-order valence-corrected chi connectivity index (χ0v) is 17.7. The maximum atomic E-state index is 3.15. The number of hydrogen-bond donors (Lipinski definition) is 0. The van der Waals surface area contributed by atoms with Crippen LogP contribution in [0.2, 0.25) is 0 Å². The van der Waals surface area contributed by atoms with Crippen LogP contribution in [0.1, 0.15) is 95.5 Å². The highest BCUT2D eigenvalue weighted by atomic mass is 15.2. The molecule has 1 heteroatoms. The van der Waals surface area contributed by atoms with Crippen molar-refractivity contribution in [3.05, 3.63) is 35.9 Å². The molecule has 5 aliphatic carbocycles. The Balaban J connectivity index is 1.40. The van der Waals surface area contributed by atoms with Crippen molar-refractivity contribution >= 4 is 0 Å². The molecular weight excluding hydrogens is 338 g/mol. The van der Waals surface area contributed by atoms with Crippen LogP contribution in [0.25, 0.3) is 0 Å². The van der Waals surface area contributed by atoms with E-state index in [2.05, 4.69) is 35.2 Å². The van der Waals surface area contributed by atoms with Gasteiger partial charge in [0.05, 0.1) is 0 Å². The van der Waals surface area contributed by atoms with Crippen LogP contribution in [0.3, 0.4) is 0 Å². The fourth-order valence-corrected chi connectivity index (χ4v) is 9.29. The molecule has 0 amide bonds. The first kappa shape index (κ1) is 18.0. The molecule has 6 fully saturated rings. The number of rotatable bonds is 3. The van der Waals surface area contributed by atoms with Crippen LogP contribution in [0.15, 0.2) is 30.3 Å². The SMILES string of the molecule is c1ccc(C2(N3CCCCC3C34CC5CC(CC(C5)C3)C4)CCCCC2)cc1. The van der Waals surface area contributed by atoms with E-state index >= 15 is 0 Å². The summed E-state index contributed by atoms with van der Waals surface area (Å²) in [4.78, 5) is 3.15. The highest BCUT2D eigenvalue weighted by Gasteiger charge is 2.57. The maximum absolute atomic E-state index is 3.15. The number of likely N-dealkylation sites (tertiary alicyclic amines) is 1. The van der Waals surface area contributed by atoms with E-state index in [4.69, 9.17) is 0 Å². The van der Waals surface area contributed by atoms with Crippen molar-refractivity contribution in [1.82, 2.24) is 4.90 Å². The molecule has 0 spiro atoms. The van der Waals surface area contributed by atoms with Gasteiger partial charge in [0.1, 0.15) is 0 Å². The van der Waals surface area contributed by atoms with Gasteiger partial charge in [-0.15, -0.1) is 0 Å². The molecular formula is C27H39N. The Morgan fingerprint density at radius 3 is 2.00 bits per heavy atom. The van der Waals surface area contributed by atoms with E-state index in [1.165, 1.54) is 57.9 Å². The average molecular weight is 378 g/mol. The van der Waals surface area contributed by atoms with E-state index < -0.39 is 0 Å². The first-order valence-corrected chi connectivity index (χ1v) is 12.6. The fraction of sp³-hybridized carbons (Fsp3) is 0.778. The Kier molecular flexibility index (Phi) is 4.41. The zero-order chi connectivity index (χ0) is 18.6. The van der Waals surface area contributed by atoms with E-state index in [1.807, 2.05) is 0 Å². The lowest BCUT2D eigenvalue weighted by Gasteiger charge is -2.64. The van der Waals surface area contributed by atoms with Gasteiger partial charge in [-0.25, -0.2) is 0 Å². The van der Waals surface area contributed by atoms with E-state index in [0.717, 1.165) is 23.8 Å². The van der Waals surface area contributed by atoms with Crippen LogP contribution in [-0.4, -0.2) is 17.5 Å². The molecule has 4 bridgehead atoms. The minimum atomic E-state index is 0.341. The van der Waals surface area contributed by atoms with Gasteiger partial charge in [0, 0.05) is 11.6 Å². The van der Waals surface area contributed by atoms with Crippen molar-refractivity contribution in [3.63, 3.8) is 0 Å². The van der Waals surface area contributed by atoms with Crippen LogP contribution in [0, 0.1) is 23.2 Å². The average Bonchev–Trinajstić information content (AvgIpc) is 2.74. The van der Waals surface area contributed by atoms with Crippen LogP contribution < -0.4 is 0 Å². The summed E-state index contributed by atoms with van der Waals surface area (Å²) in [6, 6.07) is 12.6. The first-order valence-electron chi connectivity index (χ1n) is 12.6. The Bertz CT molecular complexity index is 650. The maximum Gasteiger partial charge on any atom is 0.0463 e. The third-order valence-corrected chi connectivity index (χ3v) is 9.84. The minimum absolute atomic E-state index is 0.341. The molecule has 6 aliphatic rings. The number of piperidine rings is 1. The van der Waals surface area contributed by atoms with Crippen LogP contribution in [-0.2, 0) is 5.54 Å². The molecule has 0 radical (unpaired) electrons. The first-order chi connectivity index (χ1) is 13.8. The molecule has 0 N–H and O–H groups in total. The smallest absolute Gasteiger partial charge is 0.0463 e. The second-order valence-corrected chi connectivity index (χ2v) is 11.4. The van der Waals surface area contributed by atoms with Crippen LogP contribution in [0.5, 0.6) is 0 Å². The lowest BCUT2D eigenvalue weighted by Crippen LogP contribution is -2.63. The topological polar surface area (TPSA) is 3.24 Å². The molecule has 7 rings (SSSR count). The van der Waals surface area contributed by atoms with Crippen molar-refractivity contribution in [2.24, 2.45) is 23.2 Å². The summed E-state index contributed by atoms with van der Waals surface area (Å²) in [5.74, 6) is 3.23. The van der Waals surface area contributed by atoms with Gasteiger partial charge in [0.15, 0.2) is 0 Å². The Hall–Kier alpha value is -0.820. The largest absolute Gasteiger partial charge is 0.290 e. The minimum Gasteiger partial charge on any atom is -0.290 e. The molecule has 1 heterocycles. The van der Waals surface area contributed by atoms with E-state index in [0.29, 0.717) is 11.0 Å². The molecule has 1 saturated heterocycles. The normalized spacial score (nSPS) is 42.6. The highest BCUT2D eigenvalue weighted by Crippen LogP contribution is 2.64. The van der Waals surface area contributed by atoms with Crippen molar-refractivity contribution in [3.8, 4) is 0 Å². The molecule has 28 heavy (non-hydrogen) atoms. The number of hydrogen-bond acceptors (Lipinski definition) is 1. The standard InChI is InChI=1S/C27H39N/c1-3-9-24(10-4-1)27(12-6-2-7-13-27)28-14-8-5-11-25(28)26-18-21-15-22(19-26)17-23(16-21)20-26/h1,3-4,9-10,21-23,25H,2,5-8,11-20H2. The monoisotopic (exact) mass is 377 g/mol. The summed E-state index contributed by atoms with van der Waals surface area (Å²) in [7, 11) is 0. The Morgan fingerprint density at radius 2 is 1.36 bits per heavy atom.